The molecule has 0 spiro atoms. The Hall–Kier alpha value is -1.44. The number of benzene rings is 1. The van der Waals surface area contributed by atoms with E-state index in [-0.39, 0.29) is 0 Å². The molecule has 0 saturated heterocycles. The topological polar surface area (TPSA) is 36.1 Å². The van der Waals surface area contributed by atoms with Gasteiger partial charge in [0.25, 0.3) is 0 Å². The van der Waals surface area contributed by atoms with E-state index in [0.29, 0.717) is 5.92 Å². The Morgan fingerprint density at radius 1 is 1.48 bits per heavy atom. The van der Waals surface area contributed by atoms with Gasteiger partial charge in [0.05, 0.1) is 5.56 Å². The predicted molar refractivity (Wildman–Crippen MR) is 91.6 cm³/mol. The van der Waals surface area contributed by atoms with Gasteiger partial charge in [0.2, 0.25) is 0 Å². The highest BCUT2D eigenvalue weighted by molar-refractivity contribution is 9.10. The molecular formula is C17H15BrN2S. The van der Waals surface area contributed by atoms with Crippen LogP contribution in [0.1, 0.15) is 34.9 Å². The maximum atomic E-state index is 9.45. The lowest BCUT2D eigenvalue weighted by atomic mass is 9.89. The number of nitrogens with zero attached hydrogens (tertiary/aromatic N) is 2. The van der Waals surface area contributed by atoms with Crippen molar-refractivity contribution in [1.29, 1.82) is 5.26 Å². The van der Waals surface area contributed by atoms with Crippen molar-refractivity contribution in [3.05, 3.63) is 50.3 Å². The molecule has 2 aromatic rings. The molecule has 1 atom stereocenters. The molecule has 2 nitrogen and oxygen atoms in total. The third kappa shape index (κ3) is 3.09. The summed E-state index contributed by atoms with van der Waals surface area (Å²) in [6.07, 6.45) is 5.11. The highest BCUT2D eigenvalue weighted by atomic mass is 79.9. The van der Waals surface area contributed by atoms with Crippen LogP contribution in [0.15, 0.2) is 33.7 Å². The van der Waals surface area contributed by atoms with E-state index in [1.165, 1.54) is 16.9 Å². The van der Waals surface area contributed by atoms with Gasteiger partial charge < -0.3 is 0 Å². The van der Waals surface area contributed by atoms with Gasteiger partial charge in [-0.3, -0.25) is 0 Å². The van der Waals surface area contributed by atoms with Crippen LogP contribution < -0.4 is 0 Å². The molecule has 3 rings (SSSR count). The summed E-state index contributed by atoms with van der Waals surface area (Å²) in [7, 11) is 0. The summed E-state index contributed by atoms with van der Waals surface area (Å²) in [5, 5.41) is 10.3. The minimum Gasteiger partial charge on any atom is -0.244 e. The zero-order chi connectivity index (χ0) is 14.8. The third-order valence-electron chi connectivity index (χ3n) is 3.78. The monoisotopic (exact) mass is 358 g/mol. The molecule has 1 heterocycles. The van der Waals surface area contributed by atoms with Crippen LogP contribution in [0.2, 0.25) is 0 Å². The van der Waals surface area contributed by atoms with Crippen molar-refractivity contribution in [1.82, 2.24) is 0 Å². The molecule has 0 N–H and O–H groups in total. The molecule has 0 bridgehead atoms. The highest BCUT2D eigenvalue weighted by Crippen LogP contribution is 2.40. The number of rotatable bonds is 2. The molecule has 0 radical (unpaired) electrons. The molecule has 21 heavy (non-hydrogen) atoms. The van der Waals surface area contributed by atoms with Gasteiger partial charge in [-0.15, -0.1) is 11.3 Å². The first-order chi connectivity index (χ1) is 10.2. The fraction of sp³-hybridized carbons (Fsp3) is 0.294. The van der Waals surface area contributed by atoms with E-state index in [0.717, 1.165) is 33.4 Å². The number of fused-ring (bicyclic) bond motifs is 1. The standard InChI is InChI=1S/C17H15BrN2S/c1-11-5-6-14-15(9-19)17(21-16(14)7-11)20-10-12-3-2-4-13(18)8-12/h2-4,8,10-11H,5-7H2,1H3/t11-/m0/s1. The van der Waals surface area contributed by atoms with Gasteiger partial charge in [-0.1, -0.05) is 35.0 Å². The average molecular weight is 359 g/mol. The van der Waals surface area contributed by atoms with Crippen molar-refractivity contribution in [3.8, 4) is 6.07 Å². The summed E-state index contributed by atoms with van der Waals surface area (Å²) in [6, 6.07) is 10.4. The summed E-state index contributed by atoms with van der Waals surface area (Å²) >= 11 is 5.14. The summed E-state index contributed by atoms with van der Waals surface area (Å²) in [5.41, 5.74) is 3.06. The van der Waals surface area contributed by atoms with Crippen molar-refractivity contribution < 1.29 is 0 Å². The van der Waals surface area contributed by atoms with Crippen LogP contribution in [0.3, 0.4) is 0 Å². The first-order valence-electron chi connectivity index (χ1n) is 7.01. The second-order valence-electron chi connectivity index (χ2n) is 5.46. The van der Waals surface area contributed by atoms with E-state index in [1.807, 2.05) is 30.5 Å². The molecule has 106 valence electrons. The molecule has 0 saturated carbocycles. The van der Waals surface area contributed by atoms with Crippen molar-refractivity contribution >= 4 is 38.5 Å². The molecule has 1 aliphatic rings. The van der Waals surface area contributed by atoms with E-state index >= 15 is 0 Å². The Labute approximate surface area is 137 Å². The van der Waals surface area contributed by atoms with Gasteiger partial charge in [0.1, 0.15) is 11.1 Å². The maximum absolute atomic E-state index is 9.45. The Balaban J connectivity index is 1.94. The summed E-state index contributed by atoms with van der Waals surface area (Å²) < 4.78 is 1.03. The number of thiophene rings is 1. The summed E-state index contributed by atoms with van der Waals surface area (Å²) in [4.78, 5) is 5.92. The molecule has 1 aliphatic carbocycles. The molecule has 0 unspecified atom stereocenters. The van der Waals surface area contributed by atoms with E-state index in [2.05, 4.69) is 33.9 Å². The second kappa shape index (κ2) is 6.13. The molecule has 1 aromatic carbocycles. The van der Waals surface area contributed by atoms with Crippen LogP contribution in [0.25, 0.3) is 0 Å². The number of aliphatic imine (C=N–C) groups is 1. The molecular weight excluding hydrogens is 344 g/mol. The fourth-order valence-electron chi connectivity index (χ4n) is 2.66. The smallest absolute Gasteiger partial charge is 0.134 e. The molecule has 0 aliphatic heterocycles. The van der Waals surface area contributed by atoms with E-state index in [4.69, 9.17) is 0 Å². The number of hydrogen-bond acceptors (Lipinski definition) is 3. The average Bonchev–Trinajstić information content (AvgIpc) is 2.81. The van der Waals surface area contributed by atoms with Crippen LogP contribution in [0.4, 0.5) is 5.00 Å². The quantitative estimate of drug-likeness (QED) is 0.674. The Bertz CT molecular complexity index is 740. The third-order valence-corrected chi connectivity index (χ3v) is 5.44. The first-order valence-corrected chi connectivity index (χ1v) is 8.62. The number of nitriles is 1. The molecule has 4 heteroatoms. The zero-order valence-corrected chi connectivity index (χ0v) is 14.2. The van der Waals surface area contributed by atoms with Gasteiger partial charge in [-0.2, -0.15) is 5.26 Å². The number of hydrogen-bond donors (Lipinski definition) is 0. The predicted octanol–water partition coefficient (Wildman–Crippen LogP) is 5.26. The molecule has 1 aromatic heterocycles. The van der Waals surface area contributed by atoms with E-state index in [9.17, 15) is 5.26 Å². The zero-order valence-electron chi connectivity index (χ0n) is 11.8. The first kappa shape index (κ1) is 14.5. The highest BCUT2D eigenvalue weighted by Gasteiger charge is 2.23. The van der Waals surface area contributed by atoms with Gasteiger partial charge in [0, 0.05) is 15.6 Å². The largest absolute Gasteiger partial charge is 0.244 e. The SMILES string of the molecule is C[C@H]1CCc2c(sc(N=Cc3cccc(Br)c3)c2C#N)C1. The molecule has 0 amide bonds. The number of halogens is 1. The van der Waals surface area contributed by atoms with Crippen LogP contribution in [0.5, 0.6) is 0 Å². The van der Waals surface area contributed by atoms with Crippen LogP contribution >= 0.6 is 27.3 Å². The normalized spacial score (nSPS) is 17.7. The van der Waals surface area contributed by atoms with E-state index < -0.39 is 0 Å². The lowest BCUT2D eigenvalue weighted by molar-refractivity contribution is 0.507. The van der Waals surface area contributed by atoms with Crippen molar-refractivity contribution in [2.24, 2.45) is 10.9 Å². The van der Waals surface area contributed by atoms with Gasteiger partial charge in [-0.25, -0.2) is 4.99 Å². The van der Waals surface area contributed by atoms with Crippen LogP contribution in [0, 0.1) is 17.2 Å². The summed E-state index contributed by atoms with van der Waals surface area (Å²) in [6.45, 7) is 2.28. The molecule has 0 fully saturated rings. The van der Waals surface area contributed by atoms with Crippen molar-refractivity contribution in [2.45, 2.75) is 26.2 Å². The minimum atomic E-state index is 0.713. The van der Waals surface area contributed by atoms with Gasteiger partial charge in [0.15, 0.2) is 0 Å². The van der Waals surface area contributed by atoms with Crippen molar-refractivity contribution in [2.75, 3.05) is 0 Å². The second-order valence-corrected chi connectivity index (χ2v) is 7.46. The summed E-state index contributed by atoms with van der Waals surface area (Å²) in [5.74, 6) is 0.713. The van der Waals surface area contributed by atoms with Gasteiger partial charge >= 0.3 is 0 Å². The Morgan fingerprint density at radius 2 is 2.33 bits per heavy atom. The van der Waals surface area contributed by atoms with Crippen LogP contribution in [-0.4, -0.2) is 6.21 Å². The Kier molecular flexibility index (Phi) is 4.23. The fourth-order valence-corrected chi connectivity index (χ4v) is 4.38. The minimum absolute atomic E-state index is 0.713. The lowest BCUT2D eigenvalue weighted by Crippen LogP contribution is -2.09. The van der Waals surface area contributed by atoms with E-state index in [1.54, 1.807) is 11.3 Å². The van der Waals surface area contributed by atoms with Crippen LogP contribution in [-0.2, 0) is 12.8 Å². The maximum Gasteiger partial charge on any atom is 0.134 e. The van der Waals surface area contributed by atoms with Gasteiger partial charge in [-0.05, 0) is 48.4 Å². The van der Waals surface area contributed by atoms with Crippen molar-refractivity contribution in [3.63, 3.8) is 0 Å². The Morgan fingerprint density at radius 3 is 3.10 bits per heavy atom. The lowest BCUT2D eigenvalue weighted by Gasteiger charge is -2.17.